The van der Waals surface area contributed by atoms with Gasteiger partial charge in [0, 0.05) is 0 Å². The van der Waals surface area contributed by atoms with E-state index in [0.29, 0.717) is 12.2 Å². The number of nitriles is 2. The molecule has 0 N–H and O–H groups in total. The first kappa shape index (κ1) is 13.3. The van der Waals surface area contributed by atoms with Crippen LogP contribution in [0.5, 0.6) is 0 Å². The molecule has 2 aromatic rings. The van der Waals surface area contributed by atoms with Gasteiger partial charge >= 0.3 is 0 Å². The predicted molar refractivity (Wildman–Crippen MR) is 73.9 cm³/mol. The van der Waals surface area contributed by atoms with Crippen LogP contribution in [0.25, 0.3) is 6.08 Å². The van der Waals surface area contributed by atoms with Crippen molar-refractivity contribution in [3.05, 3.63) is 65.5 Å². The Labute approximate surface area is 116 Å². The molecule has 1 aromatic carbocycles. The molecule has 2 rings (SSSR count). The molecule has 0 fully saturated rings. The molecule has 0 aliphatic rings. The summed E-state index contributed by atoms with van der Waals surface area (Å²) in [6, 6.07) is 13.5. The fourth-order valence-corrected chi connectivity index (χ4v) is 1.58. The van der Waals surface area contributed by atoms with Gasteiger partial charge in [0.05, 0.1) is 12.7 Å². The monoisotopic (exact) mass is 261 g/mol. The molecular weight excluding hydrogens is 250 g/mol. The van der Waals surface area contributed by atoms with Crippen molar-refractivity contribution in [2.75, 3.05) is 0 Å². The highest BCUT2D eigenvalue weighted by Gasteiger charge is 1.98. The van der Waals surface area contributed by atoms with Crippen molar-refractivity contribution < 1.29 is 0 Å². The maximum absolute atomic E-state index is 8.58. The molecule has 96 valence electrons. The Balaban J connectivity index is 2.03. The molecule has 1 aromatic heterocycles. The Morgan fingerprint density at radius 1 is 1.20 bits per heavy atom. The fraction of sp³-hybridized carbons (Fsp3) is 0.0667. The Kier molecular flexibility index (Phi) is 4.42. The first-order valence-electron chi connectivity index (χ1n) is 5.94. The van der Waals surface area contributed by atoms with Gasteiger partial charge in [-0.1, -0.05) is 41.6 Å². The predicted octanol–water partition coefficient (Wildman–Crippen LogP) is 2.31. The molecule has 20 heavy (non-hydrogen) atoms. The molecule has 5 nitrogen and oxygen atoms in total. The number of benzene rings is 1. The van der Waals surface area contributed by atoms with E-state index in [1.165, 1.54) is 6.08 Å². The Morgan fingerprint density at radius 3 is 2.65 bits per heavy atom. The second-order valence-corrected chi connectivity index (χ2v) is 3.99. The van der Waals surface area contributed by atoms with Gasteiger partial charge in [0.15, 0.2) is 0 Å². The third-order valence-electron chi connectivity index (χ3n) is 2.51. The maximum atomic E-state index is 8.58. The molecule has 0 bridgehead atoms. The highest BCUT2D eigenvalue weighted by atomic mass is 15.4. The van der Waals surface area contributed by atoms with Gasteiger partial charge in [-0.2, -0.15) is 10.5 Å². The lowest BCUT2D eigenvalue weighted by Gasteiger charge is -1.98. The van der Waals surface area contributed by atoms with Crippen molar-refractivity contribution in [3.8, 4) is 12.1 Å². The summed E-state index contributed by atoms with van der Waals surface area (Å²) in [5.74, 6) is 0. The van der Waals surface area contributed by atoms with E-state index in [2.05, 4.69) is 10.3 Å². The van der Waals surface area contributed by atoms with Gasteiger partial charge in [0.25, 0.3) is 0 Å². The molecule has 0 radical (unpaired) electrons. The third kappa shape index (κ3) is 3.66. The highest BCUT2D eigenvalue weighted by Crippen LogP contribution is 2.03. The van der Waals surface area contributed by atoms with Gasteiger partial charge in [-0.3, -0.25) is 0 Å². The van der Waals surface area contributed by atoms with Gasteiger partial charge in [-0.15, -0.1) is 5.10 Å². The van der Waals surface area contributed by atoms with Crippen LogP contribution < -0.4 is 0 Å². The summed E-state index contributed by atoms with van der Waals surface area (Å²) in [6.07, 6.45) is 6.55. The van der Waals surface area contributed by atoms with Crippen molar-refractivity contribution in [2.24, 2.45) is 0 Å². The van der Waals surface area contributed by atoms with Crippen molar-refractivity contribution in [1.29, 1.82) is 10.5 Å². The van der Waals surface area contributed by atoms with Crippen molar-refractivity contribution in [1.82, 2.24) is 15.0 Å². The number of nitrogens with zero attached hydrogens (tertiary/aromatic N) is 5. The molecule has 0 atom stereocenters. The number of aromatic nitrogens is 3. The molecule has 5 heteroatoms. The summed E-state index contributed by atoms with van der Waals surface area (Å²) in [5, 5.41) is 25.2. The van der Waals surface area contributed by atoms with Crippen LogP contribution in [0.15, 0.2) is 54.3 Å². The number of hydrogen-bond donors (Lipinski definition) is 0. The molecule has 0 spiro atoms. The fourth-order valence-electron chi connectivity index (χ4n) is 1.58. The van der Waals surface area contributed by atoms with E-state index < -0.39 is 0 Å². The molecule has 0 amide bonds. The lowest BCUT2D eigenvalue weighted by atomic mass is 10.2. The van der Waals surface area contributed by atoms with Crippen LogP contribution in [0.4, 0.5) is 0 Å². The summed E-state index contributed by atoms with van der Waals surface area (Å²) >= 11 is 0. The van der Waals surface area contributed by atoms with E-state index in [0.717, 1.165) is 5.56 Å². The number of rotatable bonds is 4. The van der Waals surface area contributed by atoms with E-state index in [9.17, 15) is 0 Å². The van der Waals surface area contributed by atoms with Crippen LogP contribution in [-0.2, 0) is 6.54 Å². The normalized spacial score (nSPS) is 9.90. The summed E-state index contributed by atoms with van der Waals surface area (Å²) in [5.41, 5.74) is 1.87. The smallest absolute Gasteiger partial charge is 0.129 e. The molecule has 0 unspecified atom stereocenters. The zero-order valence-electron chi connectivity index (χ0n) is 10.6. The van der Waals surface area contributed by atoms with E-state index in [-0.39, 0.29) is 5.57 Å². The van der Waals surface area contributed by atoms with Crippen molar-refractivity contribution in [3.63, 3.8) is 0 Å². The van der Waals surface area contributed by atoms with Crippen LogP contribution in [0.3, 0.4) is 0 Å². The second kappa shape index (κ2) is 6.67. The van der Waals surface area contributed by atoms with Crippen LogP contribution in [-0.4, -0.2) is 15.0 Å². The minimum absolute atomic E-state index is 0.0536. The minimum atomic E-state index is 0.0536. The van der Waals surface area contributed by atoms with Crippen LogP contribution in [0.2, 0.25) is 0 Å². The van der Waals surface area contributed by atoms with E-state index >= 15 is 0 Å². The van der Waals surface area contributed by atoms with Crippen LogP contribution in [0.1, 0.15) is 11.3 Å². The second-order valence-electron chi connectivity index (χ2n) is 3.99. The van der Waals surface area contributed by atoms with Gasteiger partial charge in [0.1, 0.15) is 23.4 Å². The molecule has 1 heterocycles. The molecule has 0 saturated heterocycles. The summed E-state index contributed by atoms with van der Waals surface area (Å²) in [6.45, 7) is 0.652. The summed E-state index contributed by atoms with van der Waals surface area (Å²) in [4.78, 5) is 0. The van der Waals surface area contributed by atoms with Crippen molar-refractivity contribution >= 4 is 6.08 Å². The van der Waals surface area contributed by atoms with Gasteiger partial charge < -0.3 is 0 Å². The summed E-state index contributed by atoms with van der Waals surface area (Å²) < 4.78 is 1.73. The highest BCUT2D eigenvalue weighted by molar-refractivity contribution is 5.48. The van der Waals surface area contributed by atoms with Crippen LogP contribution >= 0.6 is 0 Å². The Morgan fingerprint density at radius 2 is 1.95 bits per heavy atom. The number of allylic oxidation sites excluding steroid dienone is 3. The average molecular weight is 261 g/mol. The van der Waals surface area contributed by atoms with Gasteiger partial charge in [-0.05, 0) is 17.7 Å². The first-order valence-corrected chi connectivity index (χ1v) is 5.94. The van der Waals surface area contributed by atoms with Crippen LogP contribution in [0, 0.1) is 22.7 Å². The SMILES string of the molecule is N#CC(C#N)=C/C=C/c1cn(Cc2ccccc2)nn1. The maximum Gasteiger partial charge on any atom is 0.129 e. The lowest BCUT2D eigenvalue weighted by Crippen LogP contribution is -1.99. The van der Waals surface area contributed by atoms with E-state index in [4.69, 9.17) is 10.5 Å². The zero-order valence-corrected chi connectivity index (χ0v) is 10.6. The van der Waals surface area contributed by atoms with E-state index in [1.54, 1.807) is 35.2 Å². The number of hydrogen-bond acceptors (Lipinski definition) is 4. The molecule has 0 aliphatic heterocycles. The van der Waals surface area contributed by atoms with Gasteiger partial charge in [0.2, 0.25) is 0 Å². The Hall–Kier alpha value is -3.18. The largest absolute Gasteiger partial charge is 0.248 e. The third-order valence-corrected chi connectivity index (χ3v) is 2.51. The van der Waals surface area contributed by atoms with E-state index in [1.807, 2.05) is 30.3 Å². The minimum Gasteiger partial charge on any atom is -0.248 e. The quantitative estimate of drug-likeness (QED) is 0.625. The molecular formula is C15H11N5. The molecule has 0 aliphatic carbocycles. The molecule has 0 saturated carbocycles. The lowest BCUT2D eigenvalue weighted by molar-refractivity contribution is 0.649. The standard InChI is InChI=1S/C15H11N5/c16-9-14(10-17)7-4-8-15-12-20(19-18-15)11-13-5-2-1-3-6-13/h1-8,12H,11H2/b8-4+. The van der Waals surface area contributed by atoms with Crippen molar-refractivity contribution in [2.45, 2.75) is 6.54 Å². The topological polar surface area (TPSA) is 78.3 Å². The Bertz CT molecular complexity index is 695. The zero-order chi connectivity index (χ0) is 14.2. The van der Waals surface area contributed by atoms with Gasteiger partial charge in [-0.25, -0.2) is 4.68 Å². The average Bonchev–Trinajstić information content (AvgIpc) is 2.92. The first-order chi connectivity index (χ1) is 9.81. The summed E-state index contributed by atoms with van der Waals surface area (Å²) in [7, 11) is 0.